The number of nitrogens with zero attached hydrogens (tertiary/aromatic N) is 2. The van der Waals surface area contributed by atoms with Gasteiger partial charge in [0.25, 0.3) is 0 Å². The predicted molar refractivity (Wildman–Crippen MR) is 73.6 cm³/mol. The van der Waals surface area contributed by atoms with E-state index in [0.29, 0.717) is 6.04 Å². The minimum absolute atomic E-state index is 0.132. The van der Waals surface area contributed by atoms with Crippen LogP contribution in [0, 0.1) is 0 Å². The third kappa shape index (κ3) is 4.94. The van der Waals surface area contributed by atoms with Crippen LogP contribution in [-0.2, 0) is 9.53 Å². The summed E-state index contributed by atoms with van der Waals surface area (Å²) in [7, 11) is 2.13. The molecule has 1 rings (SSSR count). The zero-order chi connectivity index (χ0) is 13.8. The van der Waals surface area contributed by atoms with Crippen molar-refractivity contribution in [2.24, 2.45) is 0 Å². The van der Waals surface area contributed by atoms with Gasteiger partial charge in [0.05, 0.1) is 5.60 Å². The first-order chi connectivity index (χ1) is 8.33. The Morgan fingerprint density at radius 2 is 2.00 bits per heavy atom. The van der Waals surface area contributed by atoms with Crippen LogP contribution in [0.15, 0.2) is 0 Å². The third-order valence-corrected chi connectivity index (χ3v) is 3.32. The fourth-order valence-corrected chi connectivity index (χ4v) is 2.28. The summed E-state index contributed by atoms with van der Waals surface area (Å²) in [5, 5.41) is 0. The van der Waals surface area contributed by atoms with E-state index < -0.39 is 0 Å². The lowest BCUT2D eigenvalue weighted by atomic mass is 10.1. The topological polar surface area (TPSA) is 32.8 Å². The quantitative estimate of drug-likeness (QED) is 0.771. The van der Waals surface area contributed by atoms with E-state index in [0.717, 1.165) is 32.5 Å². The molecule has 106 valence electrons. The minimum Gasteiger partial charge on any atom is -0.366 e. The fraction of sp³-hybridized carbons (Fsp3) is 0.929. The van der Waals surface area contributed by atoms with E-state index in [1.807, 2.05) is 25.7 Å². The second-order valence-electron chi connectivity index (χ2n) is 6.17. The van der Waals surface area contributed by atoms with E-state index in [-0.39, 0.29) is 18.1 Å². The predicted octanol–water partition coefficient (Wildman–Crippen LogP) is 1.74. The standard InChI is InChI=1S/C14H28N2O2/c1-6-12-10-15(5)8-7-9-16(12)13(17)11-18-14(2,3)4/h12H,6-11H2,1-5H3. The maximum atomic E-state index is 12.3. The Bertz CT molecular complexity index is 273. The molecular weight excluding hydrogens is 228 g/mol. The molecule has 0 aromatic heterocycles. The highest BCUT2D eigenvalue weighted by Crippen LogP contribution is 2.14. The Balaban J connectivity index is 2.58. The number of likely N-dealkylation sites (N-methyl/N-ethyl adjacent to an activating group) is 1. The van der Waals surface area contributed by atoms with Crippen LogP contribution in [0.3, 0.4) is 0 Å². The molecule has 0 radical (unpaired) electrons. The molecule has 0 spiro atoms. The first kappa shape index (κ1) is 15.4. The number of carbonyl (C=O) groups excluding carboxylic acids is 1. The van der Waals surface area contributed by atoms with Gasteiger partial charge in [-0.25, -0.2) is 0 Å². The van der Waals surface area contributed by atoms with Crippen LogP contribution < -0.4 is 0 Å². The zero-order valence-electron chi connectivity index (χ0n) is 12.5. The van der Waals surface area contributed by atoms with E-state index in [9.17, 15) is 4.79 Å². The van der Waals surface area contributed by atoms with E-state index in [2.05, 4.69) is 18.9 Å². The second kappa shape index (κ2) is 6.53. The summed E-state index contributed by atoms with van der Waals surface area (Å²) >= 11 is 0. The highest BCUT2D eigenvalue weighted by Gasteiger charge is 2.26. The van der Waals surface area contributed by atoms with Gasteiger partial charge < -0.3 is 14.5 Å². The Hall–Kier alpha value is -0.610. The van der Waals surface area contributed by atoms with Gasteiger partial charge in [-0.05, 0) is 47.2 Å². The first-order valence-corrected chi connectivity index (χ1v) is 6.95. The highest BCUT2D eigenvalue weighted by atomic mass is 16.5. The second-order valence-corrected chi connectivity index (χ2v) is 6.17. The molecule has 18 heavy (non-hydrogen) atoms. The van der Waals surface area contributed by atoms with Crippen LogP contribution in [0.5, 0.6) is 0 Å². The summed E-state index contributed by atoms with van der Waals surface area (Å²) in [6, 6.07) is 0.327. The van der Waals surface area contributed by atoms with Gasteiger partial charge in [-0.15, -0.1) is 0 Å². The minimum atomic E-state index is -0.250. The number of hydrogen-bond acceptors (Lipinski definition) is 3. The van der Waals surface area contributed by atoms with Gasteiger partial charge in [0.1, 0.15) is 6.61 Å². The first-order valence-electron chi connectivity index (χ1n) is 6.95. The monoisotopic (exact) mass is 256 g/mol. The smallest absolute Gasteiger partial charge is 0.248 e. The van der Waals surface area contributed by atoms with Crippen LogP contribution in [-0.4, -0.2) is 60.6 Å². The Morgan fingerprint density at radius 3 is 2.56 bits per heavy atom. The molecule has 1 fully saturated rings. The van der Waals surface area contributed by atoms with Crippen molar-refractivity contribution < 1.29 is 9.53 Å². The van der Waals surface area contributed by atoms with Gasteiger partial charge in [-0.1, -0.05) is 6.92 Å². The molecule has 0 saturated carbocycles. The Kier molecular flexibility index (Phi) is 5.60. The van der Waals surface area contributed by atoms with Crippen molar-refractivity contribution in [1.82, 2.24) is 9.80 Å². The molecule has 4 heteroatoms. The number of ether oxygens (including phenoxy) is 1. The molecule has 1 heterocycles. The van der Waals surface area contributed by atoms with Crippen LogP contribution >= 0.6 is 0 Å². The van der Waals surface area contributed by atoms with Crippen molar-refractivity contribution in [2.75, 3.05) is 33.3 Å². The Labute approximate surface area is 111 Å². The molecule has 1 saturated heterocycles. The van der Waals surface area contributed by atoms with E-state index in [4.69, 9.17) is 4.74 Å². The van der Waals surface area contributed by atoms with Gasteiger partial charge in [0.15, 0.2) is 0 Å². The molecule has 4 nitrogen and oxygen atoms in total. The van der Waals surface area contributed by atoms with Crippen LogP contribution in [0.1, 0.15) is 40.5 Å². The molecule has 1 unspecified atom stereocenters. The summed E-state index contributed by atoms with van der Waals surface area (Å²) in [5.74, 6) is 0.132. The average Bonchev–Trinajstić information content (AvgIpc) is 2.46. The lowest BCUT2D eigenvalue weighted by molar-refractivity contribution is -0.143. The van der Waals surface area contributed by atoms with Crippen molar-refractivity contribution in [1.29, 1.82) is 0 Å². The van der Waals surface area contributed by atoms with E-state index >= 15 is 0 Å². The van der Waals surface area contributed by atoms with Crippen molar-refractivity contribution in [3.63, 3.8) is 0 Å². The highest BCUT2D eigenvalue weighted by molar-refractivity contribution is 5.77. The molecule has 1 atom stereocenters. The van der Waals surface area contributed by atoms with Gasteiger partial charge >= 0.3 is 0 Å². The maximum absolute atomic E-state index is 12.3. The third-order valence-electron chi connectivity index (χ3n) is 3.32. The lowest BCUT2D eigenvalue weighted by Gasteiger charge is -2.31. The van der Waals surface area contributed by atoms with Crippen molar-refractivity contribution in [2.45, 2.75) is 52.2 Å². The van der Waals surface area contributed by atoms with Crippen molar-refractivity contribution in [3.05, 3.63) is 0 Å². The lowest BCUT2D eigenvalue weighted by Crippen LogP contribution is -2.45. The van der Waals surface area contributed by atoms with Gasteiger partial charge in [-0.2, -0.15) is 0 Å². The summed E-state index contributed by atoms with van der Waals surface area (Å²) in [4.78, 5) is 16.6. The molecule has 0 bridgehead atoms. The van der Waals surface area contributed by atoms with Crippen molar-refractivity contribution in [3.8, 4) is 0 Å². The number of hydrogen-bond donors (Lipinski definition) is 0. The average molecular weight is 256 g/mol. The molecule has 1 aliphatic heterocycles. The van der Waals surface area contributed by atoms with Crippen molar-refractivity contribution >= 4 is 5.91 Å². The van der Waals surface area contributed by atoms with Gasteiger partial charge in [0.2, 0.25) is 5.91 Å². The van der Waals surface area contributed by atoms with Gasteiger partial charge in [-0.3, -0.25) is 4.79 Å². The number of amides is 1. The molecule has 0 N–H and O–H groups in total. The maximum Gasteiger partial charge on any atom is 0.248 e. The molecule has 1 aliphatic rings. The summed E-state index contributed by atoms with van der Waals surface area (Å²) < 4.78 is 5.60. The SMILES string of the molecule is CCC1CN(C)CCCN1C(=O)COC(C)(C)C. The molecular formula is C14H28N2O2. The fourth-order valence-electron chi connectivity index (χ4n) is 2.28. The molecule has 0 aromatic rings. The zero-order valence-corrected chi connectivity index (χ0v) is 12.5. The van der Waals surface area contributed by atoms with Crippen LogP contribution in [0.2, 0.25) is 0 Å². The molecule has 1 amide bonds. The van der Waals surface area contributed by atoms with Gasteiger partial charge in [0, 0.05) is 19.1 Å². The normalized spacial score (nSPS) is 22.9. The number of carbonyl (C=O) groups is 1. The van der Waals surface area contributed by atoms with Crippen LogP contribution in [0.25, 0.3) is 0 Å². The summed E-state index contributed by atoms with van der Waals surface area (Å²) in [6.07, 6.45) is 2.06. The largest absolute Gasteiger partial charge is 0.366 e. The Morgan fingerprint density at radius 1 is 1.33 bits per heavy atom. The number of rotatable bonds is 3. The summed E-state index contributed by atoms with van der Waals surface area (Å²) in [5.41, 5.74) is -0.250. The summed E-state index contributed by atoms with van der Waals surface area (Å²) in [6.45, 7) is 11.2. The van der Waals surface area contributed by atoms with E-state index in [1.165, 1.54) is 0 Å². The van der Waals surface area contributed by atoms with Crippen LogP contribution in [0.4, 0.5) is 0 Å². The molecule has 0 aliphatic carbocycles. The van der Waals surface area contributed by atoms with E-state index in [1.54, 1.807) is 0 Å². The molecule has 0 aromatic carbocycles.